The van der Waals surface area contributed by atoms with Gasteiger partial charge in [0, 0.05) is 17.1 Å². The summed E-state index contributed by atoms with van der Waals surface area (Å²) in [5.41, 5.74) is 0.778. The number of hydrogen-bond acceptors (Lipinski definition) is 3. The van der Waals surface area contributed by atoms with E-state index in [-0.39, 0.29) is 0 Å². The van der Waals surface area contributed by atoms with Gasteiger partial charge in [-0.05, 0) is 12.1 Å². The van der Waals surface area contributed by atoms with Crippen LogP contribution in [0.15, 0.2) is 18.5 Å². The van der Waals surface area contributed by atoms with Crippen molar-refractivity contribution in [2.24, 2.45) is 0 Å². The van der Waals surface area contributed by atoms with Crippen LogP contribution in [0.3, 0.4) is 0 Å². The Bertz CT molecular complexity index is 499. The molecule has 0 saturated carbocycles. The lowest BCUT2D eigenvalue weighted by Gasteiger charge is -2.08. The predicted octanol–water partition coefficient (Wildman–Crippen LogP) is 3.05. The molecule has 0 atom stereocenters. The summed E-state index contributed by atoms with van der Waals surface area (Å²) in [4.78, 5) is 3.99. The average molecular weight is 292 g/mol. The van der Waals surface area contributed by atoms with Crippen LogP contribution in [0.5, 0.6) is 0 Å². The molecule has 7 heteroatoms. The number of hydrogen-bond donors (Lipinski definition) is 2. The van der Waals surface area contributed by atoms with Crippen molar-refractivity contribution < 1.29 is 0 Å². The number of H-pyrrole nitrogens is 1. The number of nitrogens with one attached hydrogen (secondary N) is 2. The van der Waals surface area contributed by atoms with Crippen molar-refractivity contribution >= 4 is 34.8 Å². The zero-order valence-corrected chi connectivity index (χ0v) is 10.9. The Labute approximate surface area is 113 Å². The number of halogens is 3. The monoisotopic (exact) mass is 290 g/mol. The molecular weight excluding hydrogens is 282 g/mol. The Balaban J connectivity index is 2.01. The third kappa shape index (κ3) is 3.10. The molecule has 0 radical (unpaired) electrons. The lowest BCUT2D eigenvalue weighted by atomic mass is 10.2. The molecule has 2 rings (SSSR count). The Hall–Kier alpha value is -0.810. The summed E-state index contributed by atoms with van der Waals surface area (Å²) in [5, 5.41) is 11.2. The van der Waals surface area contributed by atoms with Gasteiger partial charge < -0.3 is 5.32 Å². The lowest BCUT2D eigenvalue weighted by Crippen LogP contribution is -2.14. The molecule has 0 spiro atoms. The third-order valence-electron chi connectivity index (χ3n) is 2.20. The fraction of sp³-hybridized carbons (Fsp3) is 0.200. The van der Waals surface area contributed by atoms with Crippen LogP contribution in [0, 0.1) is 0 Å². The van der Waals surface area contributed by atoms with E-state index in [1.165, 1.54) is 6.33 Å². The van der Waals surface area contributed by atoms with Crippen molar-refractivity contribution in [1.29, 1.82) is 0 Å². The molecule has 2 N–H and O–H groups in total. The molecule has 0 aliphatic rings. The van der Waals surface area contributed by atoms with E-state index in [2.05, 4.69) is 20.5 Å². The molecule has 90 valence electrons. The predicted molar refractivity (Wildman–Crippen MR) is 68.4 cm³/mol. The summed E-state index contributed by atoms with van der Waals surface area (Å²) in [7, 11) is 0. The topological polar surface area (TPSA) is 53.6 Å². The highest BCUT2D eigenvalue weighted by Crippen LogP contribution is 2.31. The second kappa shape index (κ2) is 5.69. The number of rotatable bonds is 4. The van der Waals surface area contributed by atoms with Crippen molar-refractivity contribution in [3.05, 3.63) is 44.9 Å². The quantitative estimate of drug-likeness (QED) is 0.851. The molecule has 0 saturated heterocycles. The van der Waals surface area contributed by atoms with Crippen molar-refractivity contribution in [2.45, 2.75) is 13.1 Å². The maximum Gasteiger partial charge on any atom is 0.138 e. The molecule has 1 heterocycles. The first-order valence-electron chi connectivity index (χ1n) is 4.86. The van der Waals surface area contributed by atoms with E-state index in [4.69, 9.17) is 34.8 Å². The molecule has 0 aliphatic carbocycles. The van der Waals surface area contributed by atoms with E-state index >= 15 is 0 Å². The van der Waals surface area contributed by atoms with E-state index in [0.29, 0.717) is 28.2 Å². The van der Waals surface area contributed by atoms with Gasteiger partial charge in [-0.2, -0.15) is 5.10 Å². The number of aromatic nitrogens is 3. The Kier molecular flexibility index (Phi) is 4.23. The highest BCUT2D eigenvalue weighted by molar-refractivity contribution is 6.44. The maximum absolute atomic E-state index is 6.07. The molecule has 2 aromatic rings. The standard InChI is InChI=1S/C10H9Cl3N4/c11-7-1-2-8(12)10(13)6(7)3-14-4-9-15-5-16-17-9/h1-2,5,14H,3-4H2,(H,15,16,17). The summed E-state index contributed by atoms with van der Waals surface area (Å²) < 4.78 is 0. The molecule has 1 aromatic carbocycles. The van der Waals surface area contributed by atoms with Gasteiger partial charge in [0.25, 0.3) is 0 Å². The normalized spacial score (nSPS) is 10.8. The Morgan fingerprint density at radius 3 is 2.59 bits per heavy atom. The molecule has 0 aliphatic heterocycles. The SMILES string of the molecule is Clc1ccc(Cl)c(CNCc2ncn[nH]2)c1Cl. The molecule has 1 aromatic heterocycles. The summed E-state index contributed by atoms with van der Waals surface area (Å²) in [6, 6.07) is 3.40. The highest BCUT2D eigenvalue weighted by Gasteiger charge is 2.09. The number of aromatic amines is 1. The van der Waals surface area contributed by atoms with Crippen molar-refractivity contribution in [3.8, 4) is 0 Å². The van der Waals surface area contributed by atoms with Gasteiger partial charge >= 0.3 is 0 Å². The smallest absolute Gasteiger partial charge is 0.138 e. The maximum atomic E-state index is 6.07. The van der Waals surface area contributed by atoms with Crippen molar-refractivity contribution in [1.82, 2.24) is 20.5 Å². The second-order valence-electron chi connectivity index (χ2n) is 3.36. The van der Waals surface area contributed by atoms with E-state index in [0.717, 1.165) is 11.4 Å². The minimum atomic E-state index is 0.476. The first kappa shape index (κ1) is 12.6. The van der Waals surface area contributed by atoms with Gasteiger partial charge in [0.1, 0.15) is 12.2 Å². The molecule has 4 nitrogen and oxygen atoms in total. The lowest BCUT2D eigenvalue weighted by molar-refractivity contribution is 0.665. The van der Waals surface area contributed by atoms with Gasteiger partial charge in [-0.3, -0.25) is 5.10 Å². The van der Waals surface area contributed by atoms with Crippen LogP contribution in [0.4, 0.5) is 0 Å². The molecular formula is C10H9Cl3N4. The molecule has 0 bridgehead atoms. The van der Waals surface area contributed by atoms with E-state index in [1.807, 2.05) is 0 Å². The van der Waals surface area contributed by atoms with Crippen molar-refractivity contribution in [2.75, 3.05) is 0 Å². The Morgan fingerprint density at radius 1 is 1.12 bits per heavy atom. The van der Waals surface area contributed by atoms with Crippen molar-refractivity contribution in [3.63, 3.8) is 0 Å². The first-order valence-corrected chi connectivity index (χ1v) is 5.99. The first-order chi connectivity index (χ1) is 8.18. The minimum Gasteiger partial charge on any atom is -0.306 e. The van der Waals surface area contributed by atoms with Gasteiger partial charge in [-0.25, -0.2) is 4.98 Å². The zero-order chi connectivity index (χ0) is 12.3. The van der Waals surface area contributed by atoms with Gasteiger partial charge in [-0.1, -0.05) is 34.8 Å². The molecule has 0 amide bonds. The summed E-state index contributed by atoms with van der Waals surface area (Å²) >= 11 is 18.0. The Morgan fingerprint density at radius 2 is 1.88 bits per heavy atom. The van der Waals surface area contributed by atoms with Gasteiger partial charge in [0.2, 0.25) is 0 Å². The van der Waals surface area contributed by atoms with Crippen LogP contribution >= 0.6 is 34.8 Å². The number of benzene rings is 1. The van der Waals surface area contributed by atoms with Crippen LogP contribution in [-0.2, 0) is 13.1 Å². The van der Waals surface area contributed by atoms with Crippen LogP contribution in [-0.4, -0.2) is 15.2 Å². The van der Waals surface area contributed by atoms with Crippen LogP contribution in [0.2, 0.25) is 15.1 Å². The average Bonchev–Trinajstić information content (AvgIpc) is 2.81. The van der Waals surface area contributed by atoms with Crippen LogP contribution < -0.4 is 5.32 Å². The number of nitrogens with zero attached hydrogens (tertiary/aromatic N) is 2. The highest BCUT2D eigenvalue weighted by atomic mass is 35.5. The van der Waals surface area contributed by atoms with Crippen LogP contribution in [0.1, 0.15) is 11.4 Å². The minimum absolute atomic E-state index is 0.476. The second-order valence-corrected chi connectivity index (χ2v) is 4.55. The summed E-state index contributed by atoms with van der Waals surface area (Å²) in [6.45, 7) is 1.07. The molecule has 0 unspecified atom stereocenters. The third-order valence-corrected chi connectivity index (χ3v) is 3.40. The van der Waals surface area contributed by atoms with Gasteiger partial charge in [-0.15, -0.1) is 0 Å². The van der Waals surface area contributed by atoms with E-state index in [9.17, 15) is 0 Å². The fourth-order valence-electron chi connectivity index (χ4n) is 1.35. The van der Waals surface area contributed by atoms with E-state index in [1.54, 1.807) is 12.1 Å². The van der Waals surface area contributed by atoms with Gasteiger partial charge in [0.15, 0.2) is 0 Å². The largest absolute Gasteiger partial charge is 0.306 e. The molecule has 0 fully saturated rings. The fourth-order valence-corrected chi connectivity index (χ4v) is 2.03. The summed E-state index contributed by atoms with van der Waals surface area (Å²) in [5.74, 6) is 0.749. The zero-order valence-electron chi connectivity index (χ0n) is 8.67. The van der Waals surface area contributed by atoms with E-state index < -0.39 is 0 Å². The molecule has 17 heavy (non-hydrogen) atoms. The van der Waals surface area contributed by atoms with Gasteiger partial charge in [0.05, 0.1) is 16.6 Å². The summed E-state index contributed by atoms with van der Waals surface area (Å²) in [6.07, 6.45) is 1.45. The van der Waals surface area contributed by atoms with Crippen LogP contribution in [0.25, 0.3) is 0 Å².